The second-order valence-corrected chi connectivity index (χ2v) is 6.76. The summed E-state index contributed by atoms with van der Waals surface area (Å²) >= 11 is 0. The van der Waals surface area contributed by atoms with Gasteiger partial charge in [-0.2, -0.15) is 5.10 Å². The number of carbonyl (C=O) groups excluding carboxylic acids is 2. The molecule has 4 rings (SSSR count). The predicted octanol–water partition coefficient (Wildman–Crippen LogP) is 2.88. The van der Waals surface area contributed by atoms with Gasteiger partial charge in [0.15, 0.2) is 5.69 Å². The number of nitrogens with zero attached hydrogens (tertiary/aromatic N) is 2. The van der Waals surface area contributed by atoms with Crippen molar-refractivity contribution in [1.29, 1.82) is 0 Å². The molecule has 0 aliphatic heterocycles. The monoisotopic (exact) mass is 378 g/mol. The first-order chi connectivity index (χ1) is 13.5. The van der Waals surface area contributed by atoms with Gasteiger partial charge in [0.05, 0.1) is 11.3 Å². The number of rotatable bonds is 3. The van der Waals surface area contributed by atoms with E-state index < -0.39 is 17.6 Å². The van der Waals surface area contributed by atoms with Gasteiger partial charge in [0.25, 0.3) is 11.8 Å². The summed E-state index contributed by atoms with van der Waals surface area (Å²) in [7, 11) is 0. The Bertz CT molecular complexity index is 1060. The maximum atomic E-state index is 13.7. The molecule has 142 valence electrons. The van der Waals surface area contributed by atoms with Crippen LogP contribution in [0, 0.1) is 12.7 Å². The molecule has 0 bridgehead atoms. The van der Waals surface area contributed by atoms with E-state index >= 15 is 0 Å². The molecule has 1 aliphatic rings. The minimum atomic E-state index is -0.721. The number of fused-ring (bicyclic) bond motifs is 1. The molecule has 7 heteroatoms. The maximum Gasteiger partial charge on any atom is 0.290 e. The molecule has 2 amide bonds. The topological polar surface area (TPSA) is 76.0 Å². The van der Waals surface area contributed by atoms with Crippen molar-refractivity contribution in [3.05, 3.63) is 82.4 Å². The number of nitrogens with one attached hydrogen (secondary N) is 2. The largest absolute Gasteiger partial charge is 0.290 e. The van der Waals surface area contributed by atoms with E-state index in [9.17, 15) is 14.0 Å². The van der Waals surface area contributed by atoms with Crippen LogP contribution < -0.4 is 10.9 Å². The average Bonchev–Trinajstić information content (AvgIpc) is 3.30. The highest BCUT2D eigenvalue weighted by molar-refractivity contribution is 5.99. The third kappa shape index (κ3) is 3.26. The molecule has 1 aliphatic carbocycles. The number of aromatic nitrogens is 2. The van der Waals surface area contributed by atoms with Gasteiger partial charge in [0.2, 0.25) is 0 Å². The van der Waals surface area contributed by atoms with E-state index in [-0.39, 0.29) is 11.3 Å². The molecule has 0 saturated heterocycles. The quantitative estimate of drug-likeness (QED) is 0.688. The number of halogens is 1. The Morgan fingerprint density at radius 2 is 1.71 bits per heavy atom. The van der Waals surface area contributed by atoms with Gasteiger partial charge in [-0.1, -0.05) is 29.8 Å². The first-order valence-corrected chi connectivity index (χ1v) is 9.07. The van der Waals surface area contributed by atoms with Crippen LogP contribution in [-0.4, -0.2) is 21.6 Å². The Morgan fingerprint density at radius 3 is 2.46 bits per heavy atom. The smallest absolute Gasteiger partial charge is 0.267 e. The van der Waals surface area contributed by atoms with E-state index in [0.29, 0.717) is 0 Å². The highest BCUT2D eigenvalue weighted by atomic mass is 19.1. The van der Waals surface area contributed by atoms with E-state index in [1.807, 2.05) is 31.2 Å². The first kappa shape index (κ1) is 17.9. The molecule has 2 N–H and O–H groups in total. The van der Waals surface area contributed by atoms with Crippen LogP contribution in [0.25, 0.3) is 5.69 Å². The van der Waals surface area contributed by atoms with Crippen molar-refractivity contribution in [3.63, 3.8) is 0 Å². The Balaban J connectivity index is 1.55. The fourth-order valence-corrected chi connectivity index (χ4v) is 3.40. The van der Waals surface area contributed by atoms with Gasteiger partial charge in [-0.25, -0.2) is 9.07 Å². The summed E-state index contributed by atoms with van der Waals surface area (Å²) in [5.74, 6) is -1.89. The Kier molecular flexibility index (Phi) is 4.65. The zero-order valence-corrected chi connectivity index (χ0v) is 15.3. The van der Waals surface area contributed by atoms with Crippen LogP contribution in [-0.2, 0) is 12.8 Å². The second-order valence-electron chi connectivity index (χ2n) is 6.76. The summed E-state index contributed by atoms with van der Waals surface area (Å²) in [5, 5.41) is 4.48. The van der Waals surface area contributed by atoms with Gasteiger partial charge in [-0.3, -0.25) is 20.4 Å². The molecule has 1 aromatic heterocycles. The second kappa shape index (κ2) is 7.26. The Labute approximate surface area is 161 Å². The lowest BCUT2D eigenvalue weighted by Gasteiger charge is -2.07. The van der Waals surface area contributed by atoms with Crippen LogP contribution in [0.15, 0.2) is 48.5 Å². The molecular formula is C21H19FN4O2. The van der Waals surface area contributed by atoms with E-state index in [1.165, 1.54) is 18.2 Å². The summed E-state index contributed by atoms with van der Waals surface area (Å²) in [6, 6.07) is 13.5. The molecule has 0 spiro atoms. The number of hydrogen-bond donors (Lipinski definition) is 2. The van der Waals surface area contributed by atoms with Crippen LogP contribution in [0.1, 0.15) is 44.1 Å². The summed E-state index contributed by atoms with van der Waals surface area (Å²) in [6.07, 6.45) is 2.54. The summed E-state index contributed by atoms with van der Waals surface area (Å²) < 4.78 is 15.5. The highest BCUT2D eigenvalue weighted by Gasteiger charge is 2.27. The van der Waals surface area contributed by atoms with Crippen molar-refractivity contribution in [3.8, 4) is 5.69 Å². The van der Waals surface area contributed by atoms with Crippen LogP contribution in [0.3, 0.4) is 0 Å². The number of aryl methyl sites for hydroxylation is 1. The normalized spacial score (nSPS) is 12.5. The highest BCUT2D eigenvalue weighted by Crippen LogP contribution is 2.27. The molecule has 0 unspecified atom stereocenters. The fourth-order valence-electron chi connectivity index (χ4n) is 3.40. The number of amides is 2. The number of carbonyl (C=O) groups is 2. The molecule has 2 aromatic carbocycles. The SMILES string of the molecule is Cc1ccc(-n2nc(C(=O)NNC(=O)c3ccccc3F)c3c2CCC3)cc1. The van der Waals surface area contributed by atoms with Gasteiger partial charge in [-0.05, 0) is 50.5 Å². The van der Waals surface area contributed by atoms with Gasteiger partial charge in [-0.15, -0.1) is 0 Å². The van der Waals surface area contributed by atoms with Gasteiger partial charge >= 0.3 is 0 Å². The standard InChI is InChI=1S/C21H19FN4O2/c1-13-9-11-14(12-10-13)26-18-8-4-6-16(18)19(25-26)21(28)24-23-20(27)15-5-2-3-7-17(15)22/h2-3,5,7,9-12H,4,6,8H2,1H3,(H,23,27)(H,24,28). The molecular weight excluding hydrogens is 359 g/mol. The van der Waals surface area contributed by atoms with Crippen LogP contribution >= 0.6 is 0 Å². The summed E-state index contributed by atoms with van der Waals surface area (Å²) in [6.45, 7) is 2.01. The zero-order chi connectivity index (χ0) is 19.7. The number of hydrazine groups is 1. The predicted molar refractivity (Wildman–Crippen MR) is 102 cm³/mol. The lowest BCUT2D eigenvalue weighted by Crippen LogP contribution is -2.42. The van der Waals surface area contributed by atoms with E-state index in [0.717, 1.165) is 41.8 Å². The van der Waals surface area contributed by atoms with Gasteiger partial charge in [0.1, 0.15) is 5.82 Å². The Morgan fingerprint density at radius 1 is 1.00 bits per heavy atom. The van der Waals surface area contributed by atoms with Crippen molar-refractivity contribution < 1.29 is 14.0 Å². The molecule has 28 heavy (non-hydrogen) atoms. The maximum absolute atomic E-state index is 13.7. The third-order valence-corrected chi connectivity index (χ3v) is 4.83. The van der Waals surface area contributed by atoms with Crippen molar-refractivity contribution in [2.75, 3.05) is 0 Å². The lowest BCUT2D eigenvalue weighted by atomic mass is 10.2. The molecule has 6 nitrogen and oxygen atoms in total. The molecule has 0 saturated carbocycles. The molecule has 0 radical (unpaired) electrons. The van der Waals surface area contributed by atoms with Crippen molar-refractivity contribution in [1.82, 2.24) is 20.6 Å². The molecule has 1 heterocycles. The third-order valence-electron chi connectivity index (χ3n) is 4.83. The van der Waals surface area contributed by atoms with E-state index in [1.54, 1.807) is 10.7 Å². The minimum Gasteiger partial charge on any atom is -0.267 e. The van der Waals surface area contributed by atoms with Crippen molar-refractivity contribution >= 4 is 11.8 Å². The van der Waals surface area contributed by atoms with Crippen LogP contribution in [0.4, 0.5) is 4.39 Å². The zero-order valence-electron chi connectivity index (χ0n) is 15.3. The fraction of sp³-hybridized carbons (Fsp3) is 0.190. The summed E-state index contributed by atoms with van der Waals surface area (Å²) in [4.78, 5) is 24.7. The summed E-state index contributed by atoms with van der Waals surface area (Å²) in [5.41, 5.74) is 8.67. The van der Waals surface area contributed by atoms with E-state index in [2.05, 4.69) is 16.0 Å². The van der Waals surface area contributed by atoms with Gasteiger partial charge < -0.3 is 0 Å². The minimum absolute atomic E-state index is 0.141. The van der Waals surface area contributed by atoms with Crippen molar-refractivity contribution in [2.45, 2.75) is 26.2 Å². The lowest BCUT2D eigenvalue weighted by molar-refractivity contribution is 0.0841. The number of benzene rings is 2. The first-order valence-electron chi connectivity index (χ1n) is 9.07. The molecule has 3 aromatic rings. The van der Waals surface area contributed by atoms with Gasteiger partial charge in [0, 0.05) is 11.3 Å². The van der Waals surface area contributed by atoms with E-state index in [4.69, 9.17) is 0 Å². The average molecular weight is 378 g/mol. The molecule has 0 fully saturated rings. The van der Waals surface area contributed by atoms with Crippen molar-refractivity contribution in [2.24, 2.45) is 0 Å². The number of hydrogen-bond acceptors (Lipinski definition) is 3. The Hall–Kier alpha value is -3.48. The van der Waals surface area contributed by atoms with Crippen LogP contribution in [0.2, 0.25) is 0 Å². The molecule has 0 atom stereocenters. The van der Waals surface area contributed by atoms with Crippen LogP contribution in [0.5, 0.6) is 0 Å².